The zero-order valence-electron chi connectivity index (χ0n) is 12.6. The number of thiazole rings is 1. The number of rotatable bonds is 4. The second-order valence-electron chi connectivity index (χ2n) is 5.66. The standard InChI is InChI=1S/C16H20BrN3OS/c1-18-12-6-8-20(9-7-12)16(21)5-4-15-19-13-10-11(17)2-3-14(13)22-15/h2-3,10,12,18H,4-9H2,1H3. The normalized spacial score (nSPS) is 16.4. The van der Waals surface area contributed by atoms with Crippen molar-refractivity contribution in [3.63, 3.8) is 0 Å². The van der Waals surface area contributed by atoms with Gasteiger partial charge in [-0.15, -0.1) is 11.3 Å². The molecule has 0 radical (unpaired) electrons. The Morgan fingerprint density at radius 3 is 2.95 bits per heavy atom. The molecule has 2 aromatic rings. The SMILES string of the molecule is CNC1CCN(C(=O)CCc2nc3cc(Br)ccc3s2)CC1. The number of halogens is 1. The molecule has 1 aromatic carbocycles. The van der Waals surface area contributed by atoms with E-state index in [1.54, 1.807) is 11.3 Å². The monoisotopic (exact) mass is 381 g/mol. The van der Waals surface area contributed by atoms with Crippen molar-refractivity contribution in [1.29, 1.82) is 0 Å². The first kappa shape index (κ1) is 15.9. The van der Waals surface area contributed by atoms with Crippen molar-refractivity contribution in [2.75, 3.05) is 20.1 Å². The van der Waals surface area contributed by atoms with Crippen LogP contribution in [-0.4, -0.2) is 42.0 Å². The lowest BCUT2D eigenvalue weighted by Crippen LogP contribution is -2.44. The molecule has 4 nitrogen and oxygen atoms in total. The summed E-state index contributed by atoms with van der Waals surface area (Å²) < 4.78 is 2.22. The van der Waals surface area contributed by atoms with Crippen LogP contribution in [-0.2, 0) is 11.2 Å². The van der Waals surface area contributed by atoms with E-state index in [-0.39, 0.29) is 5.91 Å². The maximum absolute atomic E-state index is 12.3. The maximum atomic E-state index is 12.3. The Kier molecular flexibility index (Phi) is 5.10. The summed E-state index contributed by atoms with van der Waals surface area (Å²) in [4.78, 5) is 18.9. The lowest BCUT2D eigenvalue weighted by atomic mass is 10.0. The van der Waals surface area contributed by atoms with E-state index in [0.29, 0.717) is 12.5 Å². The first-order valence-corrected chi connectivity index (χ1v) is 9.26. The zero-order chi connectivity index (χ0) is 15.5. The van der Waals surface area contributed by atoms with Crippen molar-refractivity contribution in [1.82, 2.24) is 15.2 Å². The molecule has 1 aliphatic rings. The Morgan fingerprint density at radius 2 is 2.23 bits per heavy atom. The molecule has 1 fully saturated rings. The van der Waals surface area contributed by atoms with Crippen LogP contribution in [0.3, 0.4) is 0 Å². The molecule has 118 valence electrons. The maximum Gasteiger partial charge on any atom is 0.222 e. The molecule has 1 amide bonds. The number of fused-ring (bicyclic) bond motifs is 1. The molecule has 3 rings (SSSR count). The number of carbonyl (C=O) groups excluding carboxylic acids is 1. The van der Waals surface area contributed by atoms with Crippen molar-refractivity contribution >= 4 is 43.4 Å². The van der Waals surface area contributed by atoms with Gasteiger partial charge in [0.2, 0.25) is 5.91 Å². The molecule has 1 N–H and O–H groups in total. The van der Waals surface area contributed by atoms with Gasteiger partial charge in [0.1, 0.15) is 0 Å². The van der Waals surface area contributed by atoms with Crippen molar-refractivity contribution in [2.24, 2.45) is 0 Å². The molecule has 2 heterocycles. The number of likely N-dealkylation sites (tertiary alicyclic amines) is 1. The third kappa shape index (κ3) is 3.67. The summed E-state index contributed by atoms with van der Waals surface area (Å²) in [6, 6.07) is 6.69. The highest BCUT2D eigenvalue weighted by Crippen LogP contribution is 2.26. The predicted octanol–water partition coefficient (Wildman–Crippen LogP) is 3.20. The van der Waals surface area contributed by atoms with E-state index in [1.807, 2.05) is 24.1 Å². The van der Waals surface area contributed by atoms with Crippen LogP contribution in [0.25, 0.3) is 10.2 Å². The lowest BCUT2D eigenvalue weighted by Gasteiger charge is -2.31. The number of amides is 1. The number of aromatic nitrogens is 1. The van der Waals surface area contributed by atoms with Gasteiger partial charge < -0.3 is 10.2 Å². The number of nitrogens with zero attached hydrogens (tertiary/aromatic N) is 2. The van der Waals surface area contributed by atoms with Crippen LogP contribution in [0.15, 0.2) is 22.7 Å². The highest BCUT2D eigenvalue weighted by atomic mass is 79.9. The first-order chi connectivity index (χ1) is 10.7. The topological polar surface area (TPSA) is 45.2 Å². The number of carbonyl (C=O) groups is 1. The highest BCUT2D eigenvalue weighted by molar-refractivity contribution is 9.10. The minimum Gasteiger partial charge on any atom is -0.343 e. The summed E-state index contributed by atoms with van der Waals surface area (Å²) in [6.07, 6.45) is 3.40. The smallest absolute Gasteiger partial charge is 0.222 e. The molecule has 0 bridgehead atoms. The molecule has 0 aliphatic carbocycles. The second-order valence-corrected chi connectivity index (χ2v) is 7.69. The highest BCUT2D eigenvalue weighted by Gasteiger charge is 2.21. The fraction of sp³-hybridized carbons (Fsp3) is 0.500. The first-order valence-electron chi connectivity index (χ1n) is 7.65. The summed E-state index contributed by atoms with van der Waals surface area (Å²) >= 11 is 5.15. The van der Waals surface area contributed by atoms with Gasteiger partial charge in [0.05, 0.1) is 15.2 Å². The van der Waals surface area contributed by atoms with Crippen LogP contribution in [0.4, 0.5) is 0 Å². The number of benzene rings is 1. The Labute approximate surface area is 143 Å². The van der Waals surface area contributed by atoms with Crippen molar-refractivity contribution < 1.29 is 4.79 Å². The van der Waals surface area contributed by atoms with Gasteiger partial charge in [-0.05, 0) is 38.1 Å². The third-order valence-corrected chi connectivity index (χ3v) is 5.79. The average Bonchev–Trinajstić information content (AvgIpc) is 2.94. The van der Waals surface area contributed by atoms with Gasteiger partial charge in [0, 0.05) is 36.4 Å². The number of piperidine rings is 1. The molecule has 1 aliphatic heterocycles. The van der Waals surface area contributed by atoms with E-state index in [9.17, 15) is 4.79 Å². The molecule has 0 unspecified atom stereocenters. The van der Waals surface area contributed by atoms with Gasteiger partial charge in [0.15, 0.2) is 0 Å². The molecule has 1 saturated heterocycles. The average molecular weight is 382 g/mol. The quantitative estimate of drug-likeness (QED) is 0.884. The zero-order valence-corrected chi connectivity index (χ0v) is 15.0. The minimum atomic E-state index is 0.259. The van der Waals surface area contributed by atoms with E-state index in [0.717, 1.165) is 47.3 Å². The van der Waals surface area contributed by atoms with Gasteiger partial charge in [-0.25, -0.2) is 4.98 Å². The van der Waals surface area contributed by atoms with Crippen LogP contribution < -0.4 is 5.32 Å². The summed E-state index contributed by atoms with van der Waals surface area (Å²) in [5.74, 6) is 0.259. The Balaban J connectivity index is 1.56. The van der Waals surface area contributed by atoms with Crippen LogP contribution in [0.5, 0.6) is 0 Å². The van der Waals surface area contributed by atoms with Gasteiger partial charge in [-0.1, -0.05) is 15.9 Å². The summed E-state index contributed by atoms with van der Waals surface area (Å²) in [5, 5.41) is 4.34. The Bertz CT molecular complexity index is 664. The van der Waals surface area contributed by atoms with E-state index in [2.05, 4.69) is 32.3 Å². The molecule has 6 heteroatoms. The number of hydrogen-bond acceptors (Lipinski definition) is 4. The molecule has 0 spiro atoms. The number of nitrogens with one attached hydrogen (secondary N) is 1. The van der Waals surface area contributed by atoms with Crippen LogP contribution >= 0.6 is 27.3 Å². The van der Waals surface area contributed by atoms with Crippen molar-refractivity contribution in [2.45, 2.75) is 31.7 Å². The Hall–Kier alpha value is -0.980. The van der Waals surface area contributed by atoms with Gasteiger partial charge in [0.25, 0.3) is 0 Å². The fourth-order valence-electron chi connectivity index (χ4n) is 2.84. The van der Waals surface area contributed by atoms with Crippen LogP contribution in [0.1, 0.15) is 24.3 Å². The van der Waals surface area contributed by atoms with Gasteiger partial charge in [-0.3, -0.25) is 4.79 Å². The van der Waals surface area contributed by atoms with E-state index in [4.69, 9.17) is 0 Å². The summed E-state index contributed by atoms with van der Waals surface area (Å²) in [7, 11) is 1.99. The molecular formula is C16H20BrN3OS. The van der Waals surface area contributed by atoms with E-state index in [1.165, 1.54) is 4.70 Å². The number of aryl methyl sites for hydroxylation is 1. The van der Waals surface area contributed by atoms with Crippen molar-refractivity contribution in [3.05, 3.63) is 27.7 Å². The molecule has 0 atom stereocenters. The lowest BCUT2D eigenvalue weighted by molar-refractivity contribution is -0.132. The van der Waals surface area contributed by atoms with E-state index < -0.39 is 0 Å². The predicted molar refractivity (Wildman–Crippen MR) is 94.3 cm³/mol. The van der Waals surface area contributed by atoms with Gasteiger partial charge in [-0.2, -0.15) is 0 Å². The van der Waals surface area contributed by atoms with Crippen LogP contribution in [0.2, 0.25) is 0 Å². The summed E-state index contributed by atoms with van der Waals surface area (Å²) in [5.41, 5.74) is 1.01. The molecule has 1 aromatic heterocycles. The third-order valence-electron chi connectivity index (χ3n) is 4.20. The second kappa shape index (κ2) is 7.06. The molecule has 0 saturated carbocycles. The van der Waals surface area contributed by atoms with E-state index >= 15 is 0 Å². The van der Waals surface area contributed by atoms with Gasteiger partial charge >= 0.3 is 0 Å². The fourth-order valence-corrected chi connectivity index (χ4v) is 4.14. The minimum absolute atomic E-state index is 0.259. The number of hydrogen-bond donors (Lipinski definition) is 1. The molecular weight excluding hydrogens is 362 g/mol. The Morgan fingerprint density at radius 1 is 1.45 bits per heavy atom. The molecule has 22 heavy (non-hydrogen) atoms. The van der Waals surface area contributed by atoms with Crippen LogP contribution in [0, 0.1) is 0 Å². The summed E-state index contributed by atoms with van der Waals surface area (Å²) in [6.45, 7) is 1.74. The largest absolute Gasteiger partial charge is 0.343 e. The van der Waals surface area contributed by atoms with Crippen molar-refractivity contribution in [3.8, 4) is 0 Å².